The van der Waals surface area contributed by atoms with Crippen molar-refractivity contribution in [3.8, 4) is 0 Å². The second-order valence-electron chi connectivity index (χ2n) is 2.48. The van der Waals surface area contributed by atoms with Gasteiger partial charge in [-0.05, 0) is 12.1 Å². The first kappa shape index (κ1) is 9.91. The van der Waals surface area contributed by atoms with Gasteiger partial charge in [-0.15, -0.1) is 0 Å². The Morgan fingerprint density at radius 2 is 1.77 bits per heavy atom. The lowest BCUT2D eigenvalue weighted by atomic mass is 10.3. The van der Waals surface area contributed by atoms with Crippen LogP contribution in [-0.2, 0) is 0 Å². The third kappa shape index (κ3) is 2.38. The lowest BCUT2D eigenvalue weighted by Gasteiger charge is -2.13. The summed E-state index contributed by atoms with van der Waals surface area (Å²) in [6, 6.07) is 4.35. The summed E-state index contributed by atoms with van der Waals surface area (Å²) in [6.07, 6.45) is 0.828. The van der Waals surface area contributed by atoms with Crippen LogP contribution in [0, 0.1) is 10.1 Å². The minimum atomic E-state index is -3.77. The van der Waals surface area contributed by atoms with Gasteiger partial charge in [-0.1, -0.05) is 0 Å². The third-order valence-corrected chi connectivity index (χ3v) is 2.56. The highest BCUT2D eigenvalue weighted by Gasteiger charge is 2.18. The highest BCUT2D eigenvalue weighted by atomic mass is 32.3. The van der Waals surface area contributed by atoms with E-state index in [9.17, 15) is 17.9 Å². The normalized spacial score (nSPS) is 12.5. The standard InChI is InChI=1S/C7H7F2NO2S/c1-13(8,9)7-4-2-6(3-5-7)10(11)12/h2-5H,1H3. The third-order valence-electron chi connectivity index (χ3n) is 1.46. The molecule has 0 heterocycles. The summed E-state index contributed by atoms with van der Waals surface area (Å²) in [6.45, 7) is 0. The molecule has 13 heavy (non-hydrogen) atoms. The molecular weight excluding hydrogens is 200 g/mol. The van der Waals surface area contributed by atoms with Gasteiger partial charge in [-0.25, -0.2) is 0 Å². The molecular formula is C7H7F2NO2S. The molecule has 0 aliphatic carbocycles. The zero-order valence-electron chi connectivity index (χ0n) is 6.74. The Labute approximate surface area is 75.4 Å². The molecule has 0 bridgehead atoms. The molecule has 0 aliphatic rings. The quantitative estimate of drug-likeness (QED) is 0.552. The Morgan fingerprint density at radius 3 is 2.08 bits per heavy atom. The van der Waals surface area contributed by atoms with E-state index in [1.165, 1.54) is 0 Å². The summed E-state index contributed by atoms with van der Waals surface area (Å²) in [5.74, 6) is 0. The predicted molar refractivity (Wildman–Crippen MR) is 47.1 cm³/mol. The molecule has 1 aromatic rings. The van der Waals surface area contributed by atoms with Crippen molar-refractivity contribution in [3.63, 3.8) is 0 Å². The van der Waals surface area contributed by atoms with E-state index in [-0.39, 0.29) is 10.6 Å². The maximum atomic E-state index is 12.7. The van der Waals surface area contributed by atoms with Crippen LogP contribution in [-0.4, -0.2) is 11.2 Å². The summed E-state index contributed by atoms with van der Waals surface area (Å²) < 4.78 is 25.4. The molecule has 0 saturated heterocycles. The monoisotopic (exact) mass is 207 g/mol. The molecule has 1 rings (SSSR count). The minimum Gasteiger partial charge on any atom is -0.258 e. The fourth-order valence-corrected chi connectivity index (χ4v) is 1.42. The van der Waals surface area contributed by atoms with E-state index in [4.69, 9.17) is 0 Å². The SMILES string of the molecule is CS(F)(F)c1ccc([N+](=O)[O-])cc1. The van der Waals surface area contributed by atoms with E-state index in [1.807, 2.05) is 0 Å². The molecule has 0 spiro atoms. The summed E-state index contributed by atoms with van der Waals surface area (Å²) in [5, 5.41) is 10.2. The largest absolute Gasteiger partial charge is 0.269 e. The van der Waals surface area contributed by atoms with Crippen LogP contribution in [0.5, 0.6) is 0 Å². The Bertz CT molecular complexity index is 320. The van der Waals surface area contributed by atoms with Gasteiger partial charge in [-0.3, -0.25) is 10.1 Å². The zero-order valence-corrected chi connectivity index (χ0v) is 7.55. The van der Waals surface area contributed by atoms with E-state index in [2.05, 4.69) is 0 Å². The summed E-state index contributed by atoms with van der Waals surface area (Å²) in [7, 11) is -3.77. The molecule has 0 atom stereocenters. The Hall–Kier alpha value is -1.17. The number of nitro groups is 1. The summed E-state index contributed by atoms with van der Waals surface area (Å²) in [5.41, 5.74) is -0.174. The fraction of sp³-hybridized carbons (Fsp3) is 0.143. The first-order valence-electron chi connectivity index (χ1n) is 3.33. The highest BCUT2D eigenvalue weighted by Crippen LogP contribution is 2.55. The van der Waals surface area contributed by atoms with Crippen molar-refractivity contribution in [2.75, 3.05) is 6.26 Å². The molecule has 0 fully saturated rings. The molecule has 3 nitrogen and oxygen atoms in total. The number of hydrogen-bond donors (Lipinski definition) is 0. The Kier molecular flexibility index (Phi) is 2.51. The van der Waals surface area contributed by atoms with Crippen molar-refractivity contribution in [2.45, 2.75) is 4.90 Å². The molecule has 0 unspecified atom stereocenters. The van der Waals surface area contributed by atoms with Crippen molar-refractivity contribution < 1.29 is 12.7 Å². The maximum Gasteiger partial charge on any atom is 0.269 e. The van der Waals surface area contributed by atoms with Gasteiger partial charge in [0, 0.05) is 23.3 Å². The molecule has 0 aliphatic heterocycles. The molecule has 0 amide bonds. The number of halogens is 2. The number of rotatable bonds is 2. The topological polar surface area (TPSA) is 43.1 Å². The van der Waals surface area contributed by atoms with Gasteiger partial charge >= 0.3 is 0 Å². The summed E-state index contributed by atoms with van der Waals surface area (Å²) in [4.78, 5) is 9.43. The van der Waals surface area contributed by atoms with Crippen LogP contribution in [0.2, 0.25) is 0 Å². The average Bonchev–Trinajstić information content (AvgIpc) is 2.03. The van der Waals surface area contributed by atoms with Crippen LogP contribution in [0.15, 0.2) is 29.2 Å². The maximum absolute atomic E-state index is 12.7. The molecule has 72 valence electrons. The average molecular weight is 207 g/mol. The summed E-state index contributed by atoms with van der Waals surface area (Å²) >= 11 is 0. The molecule has 0 saturated carbocycles. The van der Waals surface area contributed by atoms with E-state index in [0.717, 1.165) is 30.5 Å². The van der Waals surface area contributed by atoms with E-state index in [0.29, 0.717) is 0 Å². The van der Waals surface area contributed by atoms with Crippen molar-refractivity contribution >= 4 is 16.5 Å². The van der Waals surface area contributed by atoms with Crippen LogP contribution in [0.4, 0.5) is 13.5 Å². The van der Waals surface area contributed by atoms with E-state index < -0.39 is 15.7 Å². The molecule has 1 aromatic carbocycles. The number of non-ortho nitro benzene ring substituents is 1. The van der Waals surface area contributed by atoms with Crippen LogP contribution in [0.1, 0.15) is 0 Å². The molecule has 0 N–H and O–H groups in total. The van der Waals surface area contributed by atoms with Crippen LogP contribution in [0.25, 0.3) is 0 Å². The molecule has 6 heteroatoms. The first-order chi connectivity index (χ1) is 5.91. The smallest absolute Gasteiger partial charge is 0.258 e. The number of benzene rings is 1. The molecule has 0 aromatic heterocycles. The highest BCUT2D eigenvalue weighted by molar-refractivity contribution is 8.24. The Balaban J connectivity index is 3.01. The minimum absolute atomic E-state index is 0.141. The van der Waals surface area contributed by atoms with Gasteiger partial charge in [0.2, 0.25) is 0 Å². The van der Waals surface area contributed by atoms with Gasteiger partial charge in [0.15, 0.2) is 0 Å². The van der Waals surface area contributed by atoms with Gasteiger partial charge < -0.3 is 0 Å². The lowest BCUT2D eigenvalue weighted by Crippen LogP contribution is -1.88. The van der Waals surface area contributed by atoms with Crippen molar-refractivity contribution in [1.29, 1.82) is 0 Å². The number of nitro benzene ring substituents is 1. The lowest BCUT2D eigenvalue weighted by molar-refractivity contribution is -0.384. The second-order valence-corrected chi connectivity index (χ2v) is 4.40. The first-order valence-corrected chi connectivity index (χ1v) is 5.17. The van der Waals surface area contributed by atoms with Crippen molar-refractivity contribution in [2.24, 2.45) is 0 Å². The van der Waals surface area contributed by atoms with Crippen molar-refractivity contribution in [3.05, 3.63) is 34.4 Å². The number of nitrogens with zero attached hydrogens (tertiary/aromatic N) is 1. The van der Waals surface area contributed by atoms with Crippen LogP contribution < -0.4 is 0 Å². The van der Waals surface area contributed by atoms with Gasteiger partial charge in [-0.2, -0.15) is 7.77 Å². The van der Waals surface area contributed by atoms with Crippen LogP contribution >= 0.6 is 10.8 Å². The van der Waals surface area contributed by atoms with E-state index >= 15 is 0 Å². The second kappa shape index (κ2) is 3.29. The van der Waals surface area contributed by atoms with Gasteiger partial charge in [0.1, 0.15) is 0 Å². The van der Waals surface area contributed by atoms with Crippen LogP contribution in [0.3, 0.4) is 0 Å². The fourth-order valence-electron chi connectivity index (χ4n) is 0.807. The van der Waals surface area contributed by atoms with Gasteiger partial charge in [0.25, 0.3) is 5.69 Å². The number of hydrogen-bond acceptors (Lipinski definition) is 2. The zero-order chi connectivity index (χ0) is 10.1. The molecule has 0 radical (unpaired) electrons. The van der Waals surface area contributed by atoms with Gasteiger partial charge in [0.05, 0.1) is 15.7 Å². The van der Waals surface area contributed by atoms with Crippen molar-refractivity contribution in [1.82, 2.24) is 0 Å². The predicted octanol–water partition coefficient (Wildman–Crippen LogP) is 3.16. The Morgan fingerprint density at radius 1 is 1.31 bits per heavy atom. The van der Waals surface area contributed by atoms with E-state index in [1.54, 1.807) is 0 Å².